The molecule has 1 amide bonds. The van der Waals surface area contributed by atoms with Crippen molar-refractivity contribution in [3.05, 3.63) is 65.5 Å². The van der Waals surface area contributed by atoms with Crippen LogP contribution in [-0.4, -0.2) is 32.9 Å². The first-order valence-corrected chi connectivity index (χ1v) is 9.85. The Labute approximate surface area is 159 Å². The number of alkyl halides is 3. The summed E-state index contributed by atoms with van der Waals surface area (Å²) in [6.07, 6.45) is -4.47. The molecule has 0 aliphatic heterocycles. The molecule has 0 fully saturated rings. The number of carbonyl (C=O) groups excluding carboxylic acids is 1. The molecular formula is C18H17F4NO4S. The highest BCUT2D eigenvalue weighted by Gasteiger charge is 2.28. The summed E-state index contributed by atoms with van der Waals surface area (Å²) < 4.78 is 77.9. The van der Waals surface area contributed by atoms with Crippen LogP contribution in [0.25, 0.3) is 0 Å². The third-order valence-electron chi connectivity index (χ3n) is 3.47. The van der Waals surface area contributed by atoms with Crippen molar-refractivity contribution in [1.82, 2.24) is 5.32 Å². The number of halogens is 4. The van der Waals surface area contributed by atoms with Crippen LogP contribution in [0.1, 0.15) is 11.1 Å². The van der Waals surface area contributed by atoms with Crippen molar-refractivity contribution in [2.75, 3.05) is 12.4 Å². The summed E-state index contributed by atoms with van der Waals surface area (Å²) >= 11 is 0. The molecular weight excluding hydrogens is 402 g/mol. The largest absolute Gasteiger partial charge is 0.484 e. The van der Waals surface area contributed by atoms with Crippen LogP contribution in [0, 0.1) is 5.82 Å². The molecule has 5 nitrogen and oxygen atoms in total. The summed E-state index contributed by atoms with van der Waals surface area (Å²) in [5, 5.41) is 2.43. The maximum absolute atomic E-state index is 12.8. The summed E-state index contributed by atoms with van der Waals surface area (Å²) in [4.78, 5) is 11.8. The number of amides is 1. The van der Waals surface area contributed by atoms with Gasteiger partial charge >= 0.3 is 6.18 Å². The fourth-order valence-corrected chi connectivity index (χ4v) is 3.51. The van der Waals surface area contributed by atoms with E-state index in [1.165, 1.54) is 48.5 Å². The molecule has 0 aliphatic rings. The molecule has 0 saturated heterocycles. The molecule has 0 atom stereocenters. The van der Waals surface area contributed by atoms with E-state index in [9.17, 15) is 30.8 Å². The van der Waals surface area contributed by atoms with Crippen LogP contribution in [-0.2, 0) is 26.9 Å². The first-order chi connectivity index (χ1) is 13.0. The topological polar surface area (TPSA) is 72.5 Å². The van der Waals surface area contributed by atoms with Crippen molar-refractivity contribution < 1.29 is 35.5 Å². The Kier molecular flexibility index (Phi) is 7.00. The van der Waals surface area contributed by atoms with Gasteiger partial charge in [0.15, 0.2) is 16.4 Å². The third kappa shape index (κ3) is 7.95. The molecule has 0 bridgehead atoms. The molecule has 0 spiro atoms. The molecule has 0 aromatic heterocycles. The van der Waals surface area contributed by atoms with Crippen molar-refractivity contribution in [3.8, 4) is 5.75 Å². The maximum Gasteiger partial charge on any atom is 0.422 e. The van der Waals surface area contributed by atoms with Gasteiger partial charge in [0.2, 0.25) is 5.91 Å². The smallest absolute Gasteiger partial charge is 0.422 e. The van der Waals surface area contributed by atoms with Crippen molar-refractivity contribution >= 4 is 15.7 Å². The lowest BCUT2D eigenvalue weighted by Crippen LogP contribution is -2.30. The van der Waals surface area contributed by atoms with Gasteiger partial charge in [0.05, 0.1) is 5.75 Å². The lowest BCUT2D eigenvalue weighted by molar-refractivity contribution is -0.153. The van der Waals surface area contributed by atoms with Gasteiger partial charge in [-0.05, 0) is 35.4 Å². The van der Waals surface area contributed by atoms with Crippen LogP contribution in [0.15, 0.2) is 48.5 Å². The molecule has 0 heterocycles. The van der Waals surface area contributed by atoms with Crippen molar-refractivity contribution in [1.29, 1.82) is 0 Å². The lowest BCUT2D eigenvalue weighted by Gasteiger charge is -2.10. The Morgan fingerprint density at radius 1 is 0.964 bits per heavy atom. The zero-order chi connectivity index (χ0) is 20.8. The number of sulfone groups is 1. The highest BCUT2D eigenvalue weighted by Crippen LogP contribution is 2.19. The first kappa shape index (κ1) is 21.7. The summed E-state index contributed by atoms with van der Waals surface area (Å²) in [6.45, 7) is -1.39. The van der Waals surface area contributed by atoms with Gasteiger partial charge in [-0.15, -0.1) is 0 Å². The lowest BCUT2D eigenvalue weighted by atomic mass is 10.2. The summed E-state index contributed by atoms with van der Waals surface area (Å²) in [7, 11) is -3.79. The Bertz CT molecular complexity index is 895. The predicted molar refractivity (Wildman–Crippen MR) is 93.7 cm³/mol. The minimum Gasteiger partial charge on any atom is -0.484 e. The Morgan fingerprint density at radius 2 is 1.54 bits per heavy atom. The quantitative estimate of drug-likeness (QED) is 0.668. The molecule has 0 aliphatic carbocycles. The van der Waals surface area contributed by atoms with Crippen LogP contribution in [0.5, 0.6) is 5.75 Å². The Balaban J connectivity index is 1.85. The van der Waals surface area contributed by atoms with Crippen molar-refractivity contribution in [2.45, 2.75) is 18.5 Å². The number of ether oxygens (including phenoxy) is 1. The summed E-state index contributed by atoms with van der Waals surface area (Å²) in [5.74, 6) is -2.38. The Hall–Kier alpha value is -2.62. The molecule has 2 aromatic carbocycles. The molecule has 2 aromatic rings. The van der Waals surface area contributed by atoms with Crippen molar-refractivity contribution in [3.63, 3.8) is 0 Å². The highest BCUT2D eigenvalue weighted by atomic mass is 32.2. The molecule has 0 radical (unpaired) electrons. The number of rotatable bonds is 8. The predicted octanol–water partition coefficient (Wildman–Crippen LogP) is 3.00. The SMILES string of the molecule is O=C(CS(=O)(=O)Cc1ccc(OCC(F)(F)F)cc1)NCc1ccc(F)cc1. The second kappa shape index (κ2) is 9.05. The van der Waals surface area contributed by atoms with Gasteiger partial charge in [0.25, 0.3) is 0 Å². The van der Waals surface area contributed by atoms with E-state index in [-0.39, 0.29) is 12.3 Å². The van der Waals surface area contributed by atoms with E-state index >= 15 is 0 Å². The number of hydrogen-bond acceptors (Lipinski definition) is 4. The number of carbonyl (C=O) groups is 1. The van der Waals surface area contributed by atoms with Gasteiger partial charge in [0.1, 0.15) is 17.3 Å². The van der Waals surface area contributed by atoms with Crippen molar-refractivity contribution in [2.24, 2.45) is 0 Å². The number of benzene rings is 2. The number of nitrogens with one attached hydrogen (secondary N) is 1. The van der Waals surface area contributed by atoms with E-state index < -0.39 is 45.9 Å². The monoisotopic (exact) mass is 419 g/mol. The van der Waals surface area contributed by atoms with E-state index in [0.29, 0.717) is 11.1 Å². The fraction of sp³-hybridized carbons (Fsp3) is 0.278. The minimum atomic E-state index is -4.47. The molecule has 1 N–H and O–H groups in total. The maximum atomic E-state index is 12.8. The van der Waals surface area contributed by atoms with Crippen LogP contribution >= 0.6 is 0 Å². The summed E-state index contributed by atoms with van der Waals surface area (Å²) in [5.41, 5.74) is 0.923. The molecule has 152 valence electrons. The third-order valence-corrected chi connectivity index (χ3v) is 4.94. The second-order valence-electron chi connectivity index (χ2n) is 5.98. The van der Waals surface area contributed by atoms with E-state index in [0.717, 1.165) is 0 Å². The van der Waals surface area contributed by atoms with Crippen LogP contribution in [0.3, 0.4) is 0 Å². The van der Waals surface area contributed by atoms with Crippen LogP contribution in [0.2, 0.25) is 0 Å². The zero-order valence-corrected chi connectivity index (χ0v) is 15.3. The minimum absolute atomic E-state index is 0.0458. The van der Waals surface area contributed by atoms with E-state index in [4.69, 9.17) is 0 Å². The van der Waals surface area contributed by atoms with E-state index in [2.05, 4.69) is 10.1 Å². The fourth-order valence-electron chi connectivity index (χ4n) is 2.21. The molecule has 0 saturated carbocycles. The normalized spacial score (nSPS) is 11.9. The second-order valence-corrected chi connectivity index (χ2v) is 8.05. The van der Waals surface area contributed by atoms with Gasteiger partial charge in [-0.3, -0.25) is 4.79 Å². The van der Waals surface area contributed by atoms with Crippen LogP contribution < -0.4 is 10.1 Å². The Morgan fingerprint density at radius 3 is 2.11 bits per heavy atom. The molecule has 28 heavy (non-hydrogen) atoms. The number of hydrogen-bond donors (Lipinski definition) is 1. The van der Waals surface area contributed by atoms with E-state index in [1.54, 1.807) is 0 Å². The molecule has 0 unspecified atom stereocenters. The van der Waals surface area contributed by atoms with Gasteiger partial charge in [-0.1, -0.05) is 24.3 Å². The standard InChI is InChI=1S/C18H17F4NO4S/c19-15-5-1-13(2-6-15)9-23-17(24)11-28(25,26)10-14-3-7-16(8-4-14)27-12-18(20,21)22/h1-8H,9-12H2,(H,23,24). The van der Waals surface area contributed by atoms with Crippen LogP contribution in [0.4, 0.5) is 17.6 Å². The van der Waals surface area contributed by atoms with Gasteiger partial charge < -0.3 is 10.1 Å². The van der Waals surface area contributed by atoms with E-state index in [1.807, 2.05) is 0 Å². The zero-order valence-electron chi connectivity index (χ0n) is 14.5. The molecule has 10 heteroatoms. The van der Waals surface area contributed by atoms with Gasteiger partial charge in [-0.2, -0.15) is 13.2 Å². The average Bonchev–Trinajstić information content (AvgIpc) is 2.59. The highest BCUT2D eigenvalue weighted by molar-refractivity contribution is 7.91. The average molecular weight is 419 g/mol. The first-order valence-electron chi connectivity index (χ1n) is 8.02. The van der Waals surface area contributed by atoms with Gasteiger partial charge in [0, 0.05) is 6.54 Å². The van der Waals surface area contributed by atoms with Gasteiger partial charge in [-0.25, -0.2) is 12.8 Å². The summed E-state index contributed by atoms with van der Waals surface area (Å²) in [6, 6.07) is 10.5. The molecule has 2 rings (SSSR count).